The summed E-state index contributed by atoms with van der Waals surface area (Å²) >= 11 is 0. The minimum Gasteiger partial charge on any atom is -0.306 e. The van der Waals surface area contributed by atoms with Crippen LogP contribution in [0.15, 0.2) is 42.7 Å². The molecule has 0 spiro atoms. The molecule has 0 aliphatic heterocycles. The summed E-state index contributed by atoms with van der Waals surface area (Å²) in [5, 5.41) is 7.62. The van der Waals surface area contributed by atoms with Crippen LogP contribution in [0.2, 0.25) is 0 Å². The molecule has 1 atom stereocenters. The molecule has 0 bridgehead atoms. The van der Waals surface area contributed by atoms with Gasteiger partial charge in [-0.15, -0.1) is 0 Å². The van der Waals surface area contributed by atoms with Crippen molar-refractivity contribution in [3.63, 3.8) is 0 Å². The van der Waals surface area contributed by atoms with Gasteiger partial charge in [-0.05, 0) is 12.5 Å². The summed E-state index contributed by atoms with van der Waals surface area (Å²) in [6.45, 7) is 3.02. The zero-order valence-corrected chi connectivity index (χ0v) is 9.72. The first-order valence-electron chi connectivity index (χ1n) is 5.51. The molecule has 1 heterocycles. The molecular formula is C13H17N3. The van der Waals surface area contributed by atoms with E-state index in [-0.39, 0.29) is 0 Å². The molecule has 16 heavy (non-hydrogen) atoms. The number of nitrogens with zero attached hydrogens (tertiary/aromatic N) is 2. The quantitative estimate of drug-likeness (QED) is 0.848. The Hall–Kier alpha value is -1.61. The fourth-order valence-electron chi connectivity index (χ4n) is 1.69. The molecular weight excluding hydrogens is 198 g/mol. The van der Waals surface area contributed by atoms with E-state index in [1.807, 2.05) is 30.2 Å². The third-order valence-electron chi connectivity index (χ3n) is 2.67. The van der Waals surface area contributed by atoms with Gasteiger partial charge in [0.05, 0.1) is 6.20 Å². The lowest BCUT2D eigenvalue weighted by Crippen LogP contribution is -2.17. The Balaban J connectivity index is 1.91. The average molecular weight is 215 g/mol. The molecule has 1 aromatic heterocycles. The predicted molar refractivity (Wildman–Crippen MR) is 64.9 cm³/mol. The lowest BCUT2D eigenvalue weighted by atomic mass is 10.1. The summed E-state index contributed by atoms with van der Waals surface area (Å²) in [5.74, 6) is 0. The van der Waals surface area contributed by atoms with E-state index in [0.717, 1.165) is 6.54 Å². The second-order valence-electron chi connectivity index (χ2n) is 4.04. The highest BCUT2D eigenvalue weighted by Gasteiger charge is 2.04. The van der Waals surface area contributed by atoms with E-state index in [0.29, 0.717) is 6.04 Å². The first kappa shape index (κ1) is 10.9. The van der Waals surface area contributed by atoms with E-state index in [1.54, 1.807) is 0 Å². The van der Waals surface area contributed by atoms with Gasteiger partial charge < -0.3 is 5.32 Å². The molecule has 3 nitrogen and oxygen atoms in total. The van der Waals surface area contributed by atoms with E-state index in [1.165, 1.54) is 11.1 Å². The molecule has 0 aliphatic carbocycles. The molecule has 0 saturated heterocycles. The van der Waals surface area contributed by atoms with Gasteiger partial charge >= 0.3 is 0 Å². The van der Waals surface area contributed by atoms with Crippen LogP contribution >= 0.6 is 0 Å². The van der Waals surface area contributed by atoms with Gasteiger partial charge in [-0.1, -0.05) is 30.3 Å². The third-order valence-corrected chi connectivity index (χ3v) is 2.67. The van der Waals surface area contributed by atoms with Crippen LogP contribution in [0.3, 0.4) is 0 Å². The lowest BCUT2D eigenvalue weighted by molar-refractivity contribution is 0.574. The second-order valence-corrected chi connectivity index (χ2v) is 4.04. The zero-order valence-electron chi connectivity index (χ0n) is 9.72. The van der Waals surface area contributed by atoms with Crippen LogP contribution in [0.4, 0.5) is 0 Å². The summed E-state index contributed by atoms with van der Waals surface area (Å²) < 4.78 is 1.82. The number of benzene rings is 1. The maximum atomic E-state index is 4.14. The third kappa shape index (κ3) is 2.70. The van der Waals surface area contributed by atoms with Crippen molar-refractivity contribution in [2.24, 2.45) is 7.05 Å². The van der Waals surface area contributed by atoms with Gasteiger partial charge in [-0.2, -0.15) is 5.10 Å². The van der Waals surface area contributed by atoms with E-state index in [2.05, 4.69) is 41.6 Å². The van der Waals surface area contributed by atoms with Gasteiger partial charge in [0.15, 0.2) is 0 Å². The normalized spacial score (nSPS) is 12.6. The summed E-state index contributed by atoms with van der Waals surface area (Å²) in [4.78, 5) is 0. The number of rotatable bonds is 4. The number of hydrogen-bond acceptors (Lipinski definition) is 2. The Morgan fingerprint density at radius 3 is 2.69 bits per heavy atom. The molecule has 0 unspecified atom stereocenters. The molecule has 3 heteroatoms. The van der Waals surface area contributed by atoms with Crippen molar-refractivity contribution in [1.82, 2.24) is 15.1 Å². The molecule has 84 valence electrons. The molecule has 1 aromatic carbocycles. The summed E-state index contributed by atoms with van der Waals surface area (Å²) in [6, 6.07) is 10.8. The highest BCUT2D eigenvalue weighted by molar-refractivity contribution is 5.18. The Morgan fingerprint density at radius 2 is 2.06 bits per heavy atom. The molecule has 0 aliphatic rings. The highest BCUT2D eigenvalue weighted by Crippen LogP contribution is 2.11. The van der Waals surface area contributed by atoms with Crippen molar-refractivity contribution in [2.45, 2.75) is 19.5 Å². The van der Waals surface area contributed by atoms with Gasteiger partial charge in [0.2, 0.25) is 0 Å². The molecule has 0 saturated carbocycles. The van der Waals surface area contributed by atoms with Crippen molar-refractivity contribution >= 4 is 0 Å². The standard InChI is InChI=1S/C13H17N3/c1-11(13-6-4-3-5-7-13)14-8-12-9-15-16(2)10-12/h3-7,9-11,14H,8H2,1-2H3/t11-/m1/s1. The van der Waals surface area contributed by atoms with Crippen LogP contribution in [-0.4, -0.2) is 9.78 Å². The second kappa shape index (κ2) is 4.94. The SMILES string of the molecule is C[C@@H](NCc1cnn(C)c1)c1ccccc1. The van der Waals surface area contributed by atoms with E-state index < -0.39 is 0 Å². The molecule has 0 radical (unpaired) electrons. The van der Waals surface area contributed by atoms with Gasteiger partial charge in [-0.3, -0.25) is 4.68 Å². The topological polar surface area (TPSA) is 29.9 Å². The molecule has 0 fully saturated rings. The van der Waals surface area contributed by atoms with Gasteiger partial charge in [-0.25, -0.2) is 0 Å². The van der Waals surface area contributed by atoms with Gasteiger partial charge in [0.25, 0.3) is 0 Å². The monoisotopic (exact) mass is 215 g/mol. The van der Waals surface area contributed by atoms with Crippen molar-refractivity contribution < 1.29 is 0 Å². The largest absolute Gasteiger partial charge is 0.306 e. The summed E-state index contributed by atoms with van der Waals surface area (Å²) in [7, 11) is 1.93. The zero-order chi connectivity index (χ0) is 11.4. The Morgan fingerprint density at radius 1 is 1.31 bits per heavy atom. The Bertz CT molecular complexity index is 433. The maximum absolute atomic E-state index is 4.14. The molecule has 0 amide bonds. The van der Waals surface area contributed by atoms with Crippen molar-refractivity contribution in [3.05, 3.63) is 53.9 Å². The smallest absolute Gasteiger partial charge is 0.0534 e. The Kier molecular flexibility index (Phi) is 3.37. The molecule has 2 aromatic rings. The number of aromatic nitrogens is 2. The number of hydrogen-bond donors (Lipinski definition) is 1. The van der Waals surface area contributed by atoms with Crippen LogP contribution in [-0.2, 0) is 13.6 Å². The summed E-state index contributed by atoms with van der Waals surface area (Å²) in [6.07, 6.45) is 3.93. The maximum Gasteiger partial charge on any atom is 0.0534 e. The van der Waals surface area contributed by atoms with Crippen LogP contribution < -0.4 is 5.32 Å². The van der Waals surface area contributed by atoms with Crippen LogP contribution in [0.5, 0.6) is 0 Å². The average Bonchev–Trinajstić information content (AvgIpc) is 2.73. The van der Waals surface area contributed by atoms with Crippen molar-refractivity contribution in [2.75, 3.05) is 0 Å². The highest BCUT2D eigenvalue weighted by atomic mass is 15.2. The lowest BCUT2D eigenvalue weighted by Gasteiger charge is -2.13. The first-order chi connectivity index (χ1) is 7.75. The van der Waals surface area contributed by atoms with Crippen LogP contribution in [0, 0.1) is 0 Å². The van der Waals surface area contributed by atoms with Crippen LogP contribution in [0.1, 0.15) is 24.1 Å². The predicted octanol–water partition coefficient (Wildman–Crippen LogP) is 2.27. The van der Waals surface area contributed by atoms with Gasteiger partial charge in [0, 0.05) is 31.4 Å². The first-order valence-corrected chi connectivity index (χ1v) is 5.51. The van der Waals surface area contributed by atoms with E-state index in [9.17, 15) is 0 Å². The fraction of sp³-hybridized carbons (Fsp3) is 0.308. The van der Waals surface area contributed by atoms with Crippen LogP contribution in [0.25, 0.3) is 0 Å². The van der Waals surface area contributed by atoms with Crippen molar-refractivity contribution in [1.29, 1.82) is 0 Å². The molecule has 1 N–H and O–H groups in total. The molecule has 2 rings (SSSR count). The van der Waals surface area contributed by atoms with Crippen molar-refractivity contribution in [3.8, 4) is 0 Å². The minimum atomic E-state index is 0.362. The summed E-state index contributed by atoms with van der Waals surface area (Å²) in [5.41, 5.74) is 2.52. The van der Waals surface area contributed by atoms with Gasteiger partial charge in [0.1, 0.15) is 0 Å². The Labute approximate surface area is 96.1 Å². The van der Waals surface area contributed by atoms with E-state index >= 15 is 0 Å². The van der Waals surface area contributed by atoms with E-state index in [4.69, 9.17) is 0 Å². The fourth-order valence-corrected chi connectivity index (χ4v) is 1.69. The number of aryl methyl sites for hydroxylation is 1. The number of nitrogens with one attached hydrogen (secondary N) is 1. The minimum absolute atomic E-state index is 0.362.